The fraction of sp³-hybridized carbons (Fsp3) is 0.438. The molecule has 1 rings (SSSR count). The smallest absolute Gasteiger partial charge is 0.339 e. The highest BCUT2D eigenvalue weighted by molar-refractivity contribution is 6.02. The maximum absolute atomic E-state index is 12.1. The van der Waals surface area contributed by atoms with Crippen LogP contribution in [0.3, 0.4) is 0 Å². The predicted octanol–water partition coefficient (Wildman–Crippen LogP) is 0.881. The number of anilines is 1. The third-order valence-electron chi connectivity index (χ3n) is 3.21. The second-order valence-electron chi connectivity index (χ2n) is 4.98. The highest BCUT2D eigenvalue weighted by atomic mass is 16.5. The standard InChI is InChI=1S/C16H22N2O6/c1-23-9-5-8-17-13(15(20)21)10-14(19)18-12-7-4-3-6-11(12)16(22)24-2/h3-4,6-7,13,17H,5,8-10H2,1-2H3,(H,18,19)(H,20,21). The van der Waals surface area contributed by atoms with Gasteiger partial charge in [0.25, 0.3) is 0 Å². The zero-order valence-corrected chi connectivity index (χ0v) is 13.7. The molecule has 24 heavy (non-hydrogen) atoms. The second kappa shape index (κ2) is 10.3. The van der Waals surface area contributed by atoms with Crippen molar-refractivity contribution in [2.45, 2.75) is 18.9 Å². The Morgan fingerprint density at radius 1 is 1.21 bits per heavy atom. The Balaban J connectivity index is 2.66. The Bertz CT molecular complexity index is 575. The van der Waals surface area contributed by atoms with Crippen LogP contribution in [0.25, 0.3) is 0 Å². The van der Waals surface area contributed by atoms with Crippen molar-refractivity contribution in [3.63, 3.8) is 0 Å². The summed E-state index contributed by atoms with van der Waals surface area (Å²) in [5.41, 5.74) is 0.478. The van der Waals surface area contributed by atoms with Crippen LogP contribution >= 0.6 is 0 Å². The lowest BCUT2D eigenvalue weighted by Gasteiger charge is -2.15. The predicted molar refractivity (Wildman–Crippen MR) is 86.9 cm³/mol. The number of carboxylic acids is 1. The fourth-order valence-electron chi connectivity index (χ4n) is 2.01. The van der Waals surface area contributed by atoms with Gasteiger partial charge in [-0.05, 0) is 25.1 Å². The van der Waals surface area contributed by atoms with Gasteiger partial charge in [0.15, 0.2) is 0 Å². The number of rotatable bonds is 10. The molecule has 0 bridgehead atoms. The van der Waals surface area contributed by atoms with Crippen molar-refractivity contribution in [2.75, 3.05) is 32.7 Å². The van der Waals surface area contributed by atoms with Crippen LogP contribution in [0.4, 0.5) is 5.69 Å². The van der Waals surface area contributed by atoms with Crippen molar-refractivity contribution >= 4 is 23.5 Å². The van der Waals surface area contributed by atoms with Crippen molar-refractivity contribution in [1.82, 2.24) is 5.32 Å². The number of hydrogen-bond donors (Lipinski definition) is 3. The van der Waals surface area contributed by atoms with Gasteiger partial charge in [-0.15, -0.1) is 0 Å². The summed E-state index contributed by atoms with van der Waals surface area (Å²) in [5.74, 6) is -2.22. The molecule has 3 N–H and O–H groups in total. The zero-order valence-electron chi connectivity index (χ0n) is 13.7. The lowest BCUT2D eigenvalue weighted by Crippen LogP contribution is -2.40. The summed E-state index contributed by atoms with van der Waals surface area (Å²) in [6.45, 7) is 0.912. The average molecular weight is 338 g/mol. The molecule has 0 spiro atoms. The van der Waals surface area contributed by atoms with Gasteiger partial charge in [0, 0.05) is 13.7 Å². The Morgan fingerprint density at radius 2 is 1.92 bits per heavy atom. The van der Waals surface area contributed by atoms with E-state index >= 15 is 0 Å². The first-order valence-electron chi connectivity index (χ1n) is 7.42. The van der Waals surface area contributed by atoms with E-state index in [1.165, 1.54) is 13.2 Å². The van der Waals surface area contributed by atoms with Gasteiger partial charge in [-0.1, -0.05) is 12.1 Å². The summed E-state index contributed by atoms with van der Waals surface area (Å²) in [4.78, 5) is 35.0. The first kappa shape index (κ1) is 19.6. The number of carbonyl (C=O) groups is 3. The Labute approximate surface area is 140 Å². The van der Waals surface area contributed by atoms with E-state index in [2.05, 4.69) is 15.4 Å². The van der Waals surface area contributed by atoms with E-state index in [1.807, 2.05) is 0 Å². The Hall–Kier alpha value is -2.45. The fourth-order valence-corrected chi connectivity index (χ4v) is 2.01. The van der Waals surface area contributed by atoms with Gasteiger partial charge in [-0.2, -0.15) is 0 Å². The summed E-state index contributed by atoms with van der Waals surface area (Å²) >= 11 is 0. The van der Waals surface area contributed by atoms with Crippen LogP contribution in [0.1, 0.15) is 23.2 Å². The minimum Gasteiger partial charge on any atom is -0.480 e. The van der Waals surface area contributed by atoms with Gasteiger partial charge >= 0.3 is 11.9 Å². The summed E-state index contributed by atoms with van der Waals surface area (Å²) in [6, 6.07) is 5.33. The molecular formula is C16H22N2O6. The number of ether oxygens (including phenoxy) is 2. The van der Waals surface area contributed by atoms with E-state index in [9.17, 15) is 19.5 Å². The van der Waals surface area contributed by atoms with E-state index in [0.717, 1.165) is 0 Å². The van der Waals surface area contributed by atoms with Crippen molar-refractivity contribution in [3.05, 3.63) is 29.8 Å². The number of para-hydroxylation sites is 1. The molecule has 0 aromatic heterocycles. The number of esters is 1. The van der Waals surface area contributed by atoms with Crippen molar-refractivity contribution in [2.24, 2.45) is 0 Å². The maximum Gasteiger partial charge on any atom is 0.339 e. The van der Waals surface area contributed by atoms with Gasteiger partial charge in [-0.3, -0.25) is 9.59 Å². The molecule has 132 valence electrons. The van der Waals surface area contributed by atoms with Crippen LogP contribution in [0.2, 0.25) is 0 Å². The lowest BCUT2D eigenvalue weighted by atomic mass is 10.1. The molecule has 1 amide bonds. The highest BCUT2D eigenvalue weighted by Crippen LogP contribution is 2.16. The van der Waals surface area contributed by atoms with Crippen LogP contribution in [-0.4, -0.2) is 56.4 Å². The summed E-state index contributed by atoms with van der Waals surface area (Å²) in [7, 11) is 2.80. The lowest BCUT2D eigenvalue weighted by molar-refractivity contribution is -0.141. The molecule has 1 unspecified atom stereocenters. The van der Waals surface area contributed by atoms with Gasteiger partial charge in [0.2, 0.25) is 5.91 Å². The topological polar surface area (TPSA) is 114 Å². The molecule has 0 aliphatic rings. The van der Waals surface area contributed by atoms with Gasteiger partial charge < -0.3 is 25.2 Å². The SMILES string of the molecule is COCCCNC(CC(=O)Nc1ccccc1C(=O)OC)C(=O)O. The zero-order chi connectivity index (χ0) is 17.9. The van der Waals surface area contributed by atoms with E-state index in [0.29, 0.717) is 19.6 Å². The van der Waals surface area contributed by atoms with Crippen molar-refractivity contribution in [1.29, 1.82) is 0 Å². The normalized spacial score (nSPS) is 11.6. The minimum absolute atomic E-state index is 0.202. The van der Waals surface area contributed by atoms with Crippen molar-refractivity contribution < 1.29 is 29.0 Å². The maximum atomic E-state index is 12.1. The number of hydrogen-bond acceptors (Lipinski definition) is 6. The van der Waals surface area contributed by atoms with Crippen LogP contribution in [0.5, 0.6) is 0 Å². The molecule has 0 fully saturated rings. The molecule has 1 aromatic rings. The number of benzene rings is 1. The molecule has 1 atom stereocenters. The first-order chi connectivity index (χ1) is 11.5. The van der Waals surface area contributed by atoms with Crippen LogP contribution in [0.15, 0.2) is 24.3 Å². The highest BCUT2D eigenvalue weighted by Gasteiger charge is 2.21. The quantitative estimate of drug-likeness (QED) is 0.428. The molecule has 0 saturated heterocycles. The number of nitrogens with one attached hydrogen (secondary N) is 2. The number of aliphatic carboxylic acids is 1. The molecule has 8 nitrogen and oxygen atoms in total. The molecular weight excluding hydrogens is 316 g/mol. The molecule has 0 aliphatic carbocycles. The van der Waals surface area contributed by atoms with E-state index in [-0.39, 0.29) is 17.7 Å². The largest absolute Gasteiger partial charge is 0.480 e. The monoisotopic (exact) mass is 338 g/mol. The molecule has 0 aliphatic heterocycles. The number of carboxylic acid groups (broad SMARTS) is 1. The number of carbonyl (C=O) groups excluding carboxylic acids is 2. The van der Waals surface area contributed by atoms with E-state index in [1.54, 1.807) is 25.3 Å². The summed E-state index contributed by atoms with van der Waals surface area (Å²) < 4.78 is 9.53. The molecule has 1 aromatic carbocycles. The van der Waals surface area contributed by atoms with Gasteiger partial charge in [-0.25, -0.2) is 4.79 Å². The van der Waals surface area contributed by atoms with Crippen LogP contribution in [0, 0.1) is 0 Å². The minimum atomic E-state index is -1.12. The number of amides is 1. The van der Waals surface area contributed by atoms with Gasteiger partial charge in [0.05, 0.1) is 24.8 Å². The Kier molecular flexibility index (Phi) is 8.45. The first-order valence-corrected chi connectivity index (χ1v) is 7.42. The van der Waals surface area contributed by atoms with Gasteiger partial charge in [0.1, 0.15) is 6.04 Å². The van der Waals surface area contributed by atoms with Crippen LogP contribution < -0.4 is 10.6 Å². The third kappa shape index (κ3) is 6.35. The number of methoxy groups -OCH3 is 2. The van der Waals surface area contributed by atoms with E-state index < -0.39 is 23.9 Å². The summed E-state index contributed by atoms with van der Waals surface area (Å²) in [5, 5.41) is 14.5. The molecule has 0 heterocycles. The summed E-state index contributed by atoms with van der Waals surface area (Å²) in [6.07, 6.45) is 0.366. The molecule has 0 radical (unpaired) electrons. The molecule has 8 heteroatoms. The Morgan fingerprint density at radius 3 is 2.54 bits per heavy atom. The second-order valence-corrected chi connectivity index (χ2v) is 4.98. The average Bonchev–Trinajstić information content (AvgIpc) is 2.57. The van der Waals surface area contributed by atoms with Crippen LogP contribution in [-0.2, 0) is 19.1 Å². The molecule has 0 saturated carbocycles. The van der Waals surface area contributed by atoms with E-state index in [4.69, 9.17) is 4.74 Å². The van der Waals surface area contributed by atoms with Crippen molar-refractivity contribution in [3.8, 4) is 0 Å². The third-order valence-corrected chi connectivity index (χ3v) is 3.21.